The summed E-state index contributed by atoms with van der Waals surface area (Å²) in [6.07, 6.45) is 4.13. The molecule has 0 bridgehead atoms. The minimum atomic E-state index is -0.0956. The molecule has 0 saturated carbocycles. The standard InChI is InChI=1S/C12H13BrN2O/c1-8-3-2-5-15-11(8)7-10(14)9-4-6-16-12(9)13/h2-6,10H,7,14H2,1H3. The van der Waals surface area contributed by atoms with Crippen molar-refractivity contribution in [2.75, 3.05) is 0 Å². The minimum absolute atomic E-state index is 0.0956. The lowest BCUT2D eigenvalue weighted by molar-refractivity contribution is 0.530. The Morgan fingerprint density at radius 2 is 2.31 bits per heavy atom. The van der Waals surface area contributed by atoms with Crippen LogP contribution in [-0.2, 0) is 6.42 Å². The van der Waals surface area contributed by atoms with E-state index in [0.717, 1.165) is 16.8 Å². The fourth-order valence-corrected chi connectivity index (χ4v) is 2.15. The van der Waals surface area contributed by atoms with Crippen LogP contribution in [0.5, 0.6) is 0 Å². The number of rotatable bonds is 3. The van der Waals surface area contributed by atoms with E-state index in [0.29, 0.717) is 11.1 Å². The van der Waals surface area contributed by atoms with E-state index >= 15 is 0 Å². The number of nitrogens with two attached hydrogens (primary N) is 1. The molecule has 16 heavy (non-hydrogen) atoms. The summed E-state index contributed by atoms with van der Waals surface area (Å²) in [5.41, 5.74) is 9.28. The minimum Gasteiger partial charge on any atom is -0.457 e. The highest BCUT2D eigenvalue weighted by Gasteiger charge is 2.14. The van der Waals surface area contributed by atoms with Crippen molar-refractivity contribution in [3.63, 3.8) is 0 Å². The fraction of sp³-hybridized carbons (Fsp3) is 0.250. The van der Waals surface area contributed by atoms with Crippen LogP contribution in [0.1, 0.15) is 22.9 Å². The predicted octanol–water partition coefficient (Wildman–Crippen LogP) is 2.99. The summed E-state index contributed by atoms with van der Waals surface area (Å²) in [4.78, 5) is 4.33. The Bertz CT molecular complexity index is 481. The van der Waals surface area contributed by atoms with Crippen LogP contribution in [-0.4, -0.2) is 4.98 Å². The molecule has 0 aliphatic rings. The Morgan fingerprint density at radius 3 is 2.94 bits per heavy atom. The third-order valence-corrected chi connectivity index (χ3v) is 3.22. The quantitative estimate of drug-likeness (QED) is 0.941. The maximum absolute atomic E-state index is 6.11. The molecule has 2 N–H and O–H groups in total. The van der Waals surface area contributed by atoms with E-state index < -0.39 is 0 Å². The van der Waals surface area contributed by atoms with E-state index in [1.165, 1.54) is 0 Å². The van der Waals surface area contributed by atoms with Gasteiger partial charge < -0.3 is 10.2 Å². The topological polar surface area (TPSA) is 52.0 Å². The summed E-state index contributed by atoms with van der Waals surface area (Å²) in [5.74, 6) is 0. The van der Waals surface area contributed by atoms with Crippen LogP contribution in [0.3, 0.4) is 0 Å². The highest BCUT2D eigenvalue weighted by Crippen LogP contribution is 2.25. The predicted molar refractivity (Wildman–Crippen MR) is 66.0 cm³/mol. The van der Waals surface area contributed by atoms with Crippen molar-refractivity contribution in [1.82, 2.24) is 4.98 Å². The summed E-state index contributed by atoms with van der Waals surface area (Å²) in [5, 5.41) is 0. The molecule has 2 aromatic rings. The molecule has 2 aromatic heterocycles. The number of halogens is 1. The Morgan fingerprint density at radius 1 is 1.50 bits per heavy atom. The number of hydrogen-bond acceptors (Lipinski definition) is 3. The van der Waals surface area contributed by atoms with Gasteiger partial charge in [0.05, 0.1) is 6.26 Å². The molecule has 0 fully saturated rings. The van der Waals surface area contributed by atoms with Gasteiger partial charge in [0.2, 0.25) is 0 Å². The first kappa shape index (κ1) is 11.4. The monoisotopic (exact) mass is 280 g/mol. The number of nitrogens with zero attached hydrogens (tertiary/aromatic N) is 1. The molecule has 0 radical (unpaired) electrons. The largest absolute Gasteiger partial charge is 0.457 e. The van der Waals surface area contributed by atoms with Crippen LogP contribution in [0, 0.1) is 6.92 Å². The molecule has 0 aromatic carbocycles. The average molecular weight is 281 g/mol. The van der Waals surface area contributed by atoms with E-state index in [1.54, 1.807) is 12.5 Å². The van der Waals surface area contributed by atoms with Gasteiger partial charge in [0.1, 0.15) is 0 Å². The zero-order chi connectivity index (χ0) is 11.5. The lowest BCUT2D eigenvalue weighted by atomic mass is 10.0. The zero-order valence-corrected chi connectivity index (χ0v) is 10.6. The molecule has 4 heteroatoms. The number of hydrogen-bond donors (Lipinski definition) is 1. The van der Waals surface area contributed by atoms with Crippen molar-refractivity contribution < 1.29 is 4.42 Å². The molecule has 0 spiro atoms. The molecule has 0 saturated heterocycles. The number of pyridine rings is 1. The van der Waals surface area contributed by atoms with E-state index in [1.807, 2.05) is 25.1 Å². The Hall–Kier alpha value is -1.13. The van der Waals surface area contributed by atoms with Crippen LogP contribution in [0.2, 0.25) is 0 Å². The van der Waals surface area contributed by atoms with E-state index in [4.69, 9.17) is 10.2 Å². The lowest BCUT2D eigenvalue weighted by Gasteiger charge is -2.11. The normalized spacial score (nSPS) is 12.7. The molecule has 0 aliphatic heterocycles. The number of aromatic nitrogens is 1. The van der Waals surface area contributed by atoms with Crippen LogP contribution >= 0.6 is 15.9 Å². The highest BCUT2D eigenvalue weighted by atomic mass is 79.9. The van der Waals surface area contributed by atoms with Gasteiger partial charge in [-0.05, 0) is 40.5 Å². The average Bonchev–Trinajstić information content (AvgIpc) is 2.68. The Kier molecular flexibility index (Phi) is 3.41. The van der Waals surface area contributed by atoms with Crippen molar-refractivity contribution in [3.05, 3.63) is 52.1 Å². The maximum atomic E-state index is 6.11. The SMILES string of the molecule is Cc1cccnc1CC(N)c1ccoc1Br. The van der Waals surface area contributed by atoms with Crippen molar-refractivity contribution >= 4 is 15.9 Å². The third kappa shape index (κ3) is 2.33. The summed E-state index contributed by atoms with van der Waals surface area (Å²) < 4.78 is 5.87. The first-order valence-electron chi connectivity index (χ1n) is 5.07. The van der Waals surface area contributed by atoms with E-state index in [9.17, 15) is 0 Å². The summed E-state index contributed by atoms with van der Waals surface area (Å²) in [7, 11) is 0. The fourth-order valence-electron chi connectivity index (χ4n) is 1.62. The van der Waals surface area contributed by atoms with Gasteiger partial charge in [-0.2, -0.15) is 0 Å². The van der Waals surface area contributed by atoms with Crippen molar-refractivity contribution in [2.45, 2.75) is 19.4 Å². The smallest absolute Gasteiger partial charge is 0.173 e. The van der Waals surface area contributed by atoms with E-state index in [2.05, 4.69) is 20.9 Å². The van der Waals surface area contributed by atoms with Gasteiger partial charge in [-0.15, -0.1) is 0 Å². The molecule has 0 aliphatic carbocycles. The second kappa shape index (κ2) is 4.80. The maximum Gasteiger partial charge on any atom is 0.173 e. The first-order valence-corrected chi connectivity index (χ1v) is 5.86. The van der Waals surface area contributed by atoms with Gasteiger partial charge in [-0.25, -0.2) is 0 Å². The van der Waals surface area contributed by atoms with Crippen molar-refractivity contribution in [2.24, 2.45) is 5.73 Å². The van der Waals surface area contributed by atoms with Crippen LogP contribution in [0.25, 0.3) is 0 Å². The van der Waals surface area contributed by atoms with Crippen LogP contribution in [0.15, 0.2) is 39.7 Å². The molecule has 0 amide bonds. The second-order valence-corrected chi connectivity index (χ2v) is 4.45. The van der Waals surface area contributed by atoms with E-state index in [-0.39, 0.29) is 6.04 Å². The van der Waals surface area contributed by atoms with Crippen molar-refractivity contribution in [1.29, 1.82) is 0 Å². The van der Waals surface area contributed by atoms with Gasteiger partial charge in [0, 0.05) is 29.9 Å². The molecule has 2 heterocycles. The molecule has 3 nitrogen and oxygen atoms in total. The van der Waals surface area contributed by atoms with Crippen molar-refractivity contribution in [3.8, 4) is 0 Å². The number of furan rings is 1. The molecular weight excluding hydrogens is 268 g/mol. The van der Waals surface area contributed by atoms with Gasteiger partial charge >= 0.3 is 0 Å². The zero-order valence-electron chi connectivity index (χ0n) is 8.98. The highest BCUT2D eigenvalue weighted by molar-refractivity contribution is 9.10. The first-order chi connectivity index (χ1) is 7.68. The van der Waals surface area contributed by atoms with Gasteiger partial charge in [0.15, 0.2) is 4.67 Å². The van der Waals surface area contributed by atoms with Crippen LogP contribution in [0.4, 0.5) is 0 Å². The third-order valence-electron chi connectivity index (χ3n) is 2.58. The summed E-state index contributed by atoms with van der Waals surface area (Å²) >= 11 is 3.33. The molecule has 1 unspecified atom stereocenters. The van der Waals surface area contributed by atoms with Crippen LogP contribution < -0.4 is 5.73 Å². The molecule has 84 valence electrons. The summed E-state index contributed by atoms with van der Waals surface area (Å²) in [6.45, 7) is 2.04. The van der Waals surface area contributed by atoms with Gasteiger partial charge in [0.25, 0.3) is 0 Å². The summed E-state index contributed by atoms with van der Waals surface area (Å²) in [6, 6.07) is 5.76. The second-order valence-electron chi connectivity index (χ2n) is 3.73. The number of aryl methyl sites for hydroxylation is 1. The van der Waals surface area contributed by atoms with Gasteiger partial charge in [-0.3, -0.25) is 4.98 Å². The Labute approximate surface area is 103 Å². The molecule has 2 rings (SSSR count). The van der Waals surface area contributed by atoms with Gasteiger partial charge in [-0.1, -0.05) is 6.07 Å². The Balaban J connectivity index is 2.17. The molecular formula is C12H13BrN2O. The molecule has 1 atom stereocenters. The lowest BCUT2D eigenvalue weighted by Crippen LogP contribution is -2.14.